The summed E-state index contributed by atoms with van der Waals surface area (Å²) in [6.45, 7) is 5.80. The molecule has 0 aromatic heterocycles. The van der Waals surface area contributed by atoms with Gasteiger partial charge in [0.05, 0.1) is 18.7 Å². The van der Waals surface area contributed by atoms with Crippen LogP contribution in [0, 0.1) is 0 Å². The second-order valence-corrected chi connectivity index (χ2v) is 10.4. The van der Waals surface area contributed by atoms with Crippen LogP contribution in [0.3, 0.4) is 0 Å². The Kier molecular flexibility index (Phi) is 12.3. The number of hydrazine groups is 1. The molecule has 1 fully saturated rings. The maximum atomic E-state index is 13.6. The number of alkyl halides is 3. The molecule has 0 bridgehead atoms. The van der Waals surface area contributed by atoms with Crippen LogP contribution < -0.4 is 5.32 Å². The lowest BCUT2D eigenvalue weighted by Gasteiger charge is -2.50. The summed E-state index contributed by atoms with van der Waals surface area (Å²) in [6, 6.07) is 22.9. The molecule has 1 saturated heterocycles. The molecule has 0 radical (unpaired) electrons. The predicted octanol–water partition coefficient (Wildman–Crippen LogP) is 5.55. The molecular formula is C33H40F3N5O3. The van der Waals surface area contributed by atoms with Gasteiger partial charge in [0.15, 0.2) is 0 Å². The number of rotatable bonds is 10. The lowest BCUT2D eigenvalue weighted by Crippen LogP contribution is -2.71. The highest BCUT2D eigenvalue weighted by atomic mass is 19.4. The molecule has 44 heavy (non-hydrogen) atoms. The molecule has 0 spiro atoms. The molecule has 3 aromatic carbocycles. The number of halogens is 3. The smallest absolute Gasteiger partial charge is 0.337 e. The zero-order chi connectivity index (χ0) is 32.3. The van der Waals surface area contributed by atoms with Gasteiger partial charge in [0.1, 0.15) is 6.17 Å². The first-order valence-corrected chi connectivity index (χ1v) is 14.6. The molecule has 1 unspecified atom stereocenters. The predicted molar refractivity (Wildman–Crippen MR) is 163 cm³/mol. The molecule has 1 aliphatic heterocycles. The van der Waals surface area contributed by atoms with Crippen molar-refractivity contribution in [3.63, 3.8) is 0 Å². The summed E-state index contributed by atoms with van der Waals surface area (Å²) in [6.07, 6.45) is -4.42. The highest BCUT2D eigenvalue weighted by Gasteiger charge is 2.43. The minimum Gasteiger partial charge on any atom is -0.337 e. The maximum absolute atomic E-state index is 13.6. The Balaban J connectivity index is 0.00000259. The van der Waals surface area contributed by atoms with Gasteiger partial charge in [-0.05, 0) is 42.2 Å². The van der Waals surface area contributed by atoms with Crippen molar-refractivity contribution in [1.29, 1.82) is 0 Å². The van der Waals surface area contributed by atoms with Crippen molar-refractivity contribution in [2.75, 3.05) is 20.1 Å². The molecule has 1 N–H and O–H groups in total. The van der Waals surface area contributed by atoms with E-state index in [2.05, 4.69) is 5.32 Å². The van der Waals surface area contributed by atoms with Crippen molar-refractivity contribution in [2.24, 2.45) is 0 Å². The van der Waals surface area contributed by atoms with E-state index in [-0.39, 0.29) is 43.7 Å². The monoisotopic (exact) mass is 611 g/mol. The summed E-state index contributed by atoms with van der Waals surface area (Å²) in [5, 5.41) is 5.81. The molecule has 2 atom stereocenters. The van der Waals surface area contributed by atoms with E-state index in [1.165, 1.54) is 27.1 Å². The number of likely N-dealkylation sites (N-methyl/N-ethyl adjacent to an activating group) is 1. The van der Waals surface area contributed by atoms with Crippen molar-refractivity contribution >= 4 is 18.3 Å². The third kappa shape index (κ3) is 9.06. The second kappa shape index (κ2) is 15.9. The highest BCUT2D eigenvalue weighted by molar-refractivity contribution is 5.82. The fourth-order valence-electron chi connectivity index (χ4n) is 5.20. The van der Waals surface area contributed by atoms with Gasteiger partial charge in [0.25, 0.3) is 0 Å². The van der Waals surface area contributed by atoms with Gasteiger partial charge in [-0.15, -0.1) is 0 Å². The van der Waals surface area contributed by atoms with Gasteiger partial charge >= 0.3 is 12.2 Å². The summed E-state index contributed by atoms with van der Waals surface area (Å²) in [5.74, 6) is -0.233. The van der Waals surface area contributed by atoms with Crippen LogP contribution in [0.5, 0.6) is 0 Å². The molecule has 0 saturated carbocycles. The van der Waals surface area contributed by atoms with Gasteiger partial charge in [0, 0.05) is 26.2 Å². The van der Waals surface area contributed by atoms with Crippen molar-refractivity contribution in [3.8, 4) is 0 Å². The van der Waals surface area contributed by atoms with Crippen LogP contribution in [-0.2, 0) is 35.3 Å². The summed E-state index contributed by atoms with van der Waals surface area (Å²) in [4.78, 5) is 42.2. The van der Waals surface area contributed by atoms with Crippen LogP contribution in [0.1, 0.15) is 43.0 Å². The molecule has 4 rings (SSSR count). The van der Waals surface area contributed by atoms with Crippen LogP contribution in [0.25, 0.3) is 0 Å². The Bertz CT molecular complexity index is 1360. The third-order valence-corrected chi connectivity index (χ3v) is 7.15. The number of urea groups is 1. The average Bonchev–Trinajstić information content (AvgIpc) is 3.01. The Morgan fingerprint density at radius 3 is 2.16 bits per heavy atom. The topological polar surface area (TPSA) is 76.2 Å². The fraction of sp³-hybridized carbons (Fsp3) is 0.364. The van der Waals surface area contributed by atoms with E-state index >= 15 is 0 Å². The lowest BCUT2D eigenvalue weighted by molar-refractivity contribution is -0.170. The number of nitrogens with zero attached hydrogens (tertiary/aromatic N) is 4. The molecule has 1 aliphatic rings. The van der Waals surface area contributed by atoms with Crippen molar-refractivity contribution in [1.82, 2.24) is 25.1 Å². The Hall–Kier alpha value is -4.38. The van der Waals surface area contributed by atoms with E-state index in [4.69, 9.17) is 0 Å². The van der Waals surface area contributed by atoms with E-state index in [1.807, 2.05) is 81.4 Å². The first-order chi connectivity index (χ1) is 21.1. The molecule has 4 amide bonds. The van der Waals surface area contributed by atoms with E-state index in [1.54, 1.807) is 11.9 Å². The number of nitrogens with one attached hydrogen (secondary N) is 1. The number of amides is 4. The van der Waals surface area contributed by atoms with E-state index in [0.29, 0.717) is 12.8 Å². The molecule has 11 heteroatoms. The van der Waals surface area contributed by atoms with E-state index in [9.17, 15) is 27.6 Å². The Morgan fingerprint density at radius 1 is 0.977 bits per heavy atom. The van der Waals surface area contributed by atoms with E-state index in [0.717, 1.165) is 23.3 Å². The number of benzene rings is 3. The van der Waals surface area contributed by atoms with Crippen LogP contribution in [0.4, 0.5) is 18.0 Å². The van der Waals surface area contributed by atoms with Gasteiger partial charge in [-0.25, -0.2) is 14.8 Å². The van der Waals surface area contributed by atoms with Crippen LogP contribution in [0.15, 0.2) is 84.9 Å². The quantitative estimate of drug-likeness (QED) is 0.305. The summed E-state index contributed by atoms with van der Waals surface area (Å²) < 4.78 is 39.9. The number of carbonyl (C=O) groups excluding carboxylic acids is 3. The van der Waals surface area contributed by atoms with Gasteiger partial charge in [-0.3, -0.25) is 9.59 Å². The minimum atomic E-state index is -4.53. The summed E-state index contributed by atoms with van der Waals surface area (Å²) in [5.41, 5.74) is 1.33. The normalized spacial score (nSPS) is 16.1. The lowest BCUT2D eigenvalue weighted by atomic mass is 10.0. The number of carbonyl (C=O) groups is 3. The van der Waals surface area contributed by atoms with Crippen LogP contribution in [-0.4, -0.2) is 70.5 Å². The van der Waals surface area contributed by atoms with Gasteiger partial charge < -0.3 is 15.1 Å². The van der Waals surface area contributed by atoms with Crippen LogP contribution >= 0.6 is 0 Å². The van der Waals surface area contributed by atoms with Gasteiger partial charge in [-0.2, -0.15) is 13.2 Å². The fourth-order valence-corrected chi connectivity index (χ4v) is 5.20. The summed E-state index contributed by atoms with van der Waals surface area (Å²) in [7, 11) is 1.62. The largest absolute Gasteiger partial charge is 0.416 e. The zero-order valence-electron chi connectivity index (χ0n) is 25.5. The van der Waals surface area contributed by atoms with Crippen molar-refractivity contribution in [2.45, 2.75) is 58.7 Å². The zero-order valence-corrected chi connectivity index (χ0v) is 25.5. The highest BCUT2D eigenvalue weighted by Crippen LogP contribution is 2.30. The maximum Gasteiger partial charge on any atom is 0.416 e. The van der Waals surface area contributed by atoms with Crippen molar-refractivity contribution < 1.29 is 27.6 Å². The Labute approximate surface area is 257 Å². The first-order valence-electron chi connectivity index (χ1n) is 14.6. The second-order valence-electron chi connectivity index (χ2n) is 10.4. The number of hydrogen-bond acceptors (Lipinski definition) is 4. The molecule has 8 nitrogen and oxygen atoms in total. The standard InChI is InChI=1S/C31H34F3N5O3.C2H6/c1-23(16-24-10-5-3-6-11-24)38-28(20-37(22-40)19-26-14-9-15-27(17-26)31(32,33)34)39(36(2)21-29(38)41)30(42)35-18-25-12-7-4-8-13-25;1-2/h3-15,17,22-23,28H,16,18-21H2,1-2H3,(H,35,42);1-2H3/t23-,28?;/m1./s1. The van der Waals surface area contributed by atoms with Crippen LogP contribution in [0.2, 0.25) is 0 Å². The number of hydrogen-bond donors (Lipinski definition) is 1. The van der Waals surface area contributed by atoms with Gasteiger partial charge in [-0.1, -0.05) is 86.6 Å². The summed E-state index contributed by atoms with van der Waals surface area (Å²) >= 11 is 0. The average molecular weight is 612 g/mol. The molecule has 236 valence electrons. The van der Waals surface area contributed by atoms with Crippen molar-refractivity contribution in [3.05, 3.63) is 107 Å². The first kappa shape index (κ1) is 34.1. The van der Waals surface area contributed by atoms with Gasteiger partial charge in [0.2, 0.25) is 12.3 Å². The SMILES string of the molecule is CC.C[C@H](Cc1ccccc1)N1C(=O)CN(C)N(C(=O)NCc2ccccc2)C1CN(C=O)Cc1cccc(C(F)(F)F)c1. The molecule has 1 heterocycles. The minimum absolute atomic E-state index is 0.0664. The Morgan fingerprint density at radius 2 is 1.57 bits per heavy atom. The molecule has 0 aliphatic carbocycles. The van der Waals surface area contributed by atoms with E-state index < -0.39 is 23.9 Å². The molecular weight excluding hydrogens is 571 g/mol. The molecule has 3 aromatic rings. The third-order valence-electron chi connectivity index (χ3n) is 7.15.